The molecule has 2 aromatic rings. The first kappa shape index (κ1) is 20.4. The third-order valence-corrected chi connectivity index (χ3v) is 4.69. The molecule has 5 heteroatoms. The highest BCUT2D eigenvalue weighted by Gasteiger charge is 2.46. The Morgan fingerprint density at radius 2 is 1.43 bits per heavy atom. The molecule has 3 rings (SSSR count). The lowest BCUT2D eigenvalue weighted by Crippen LogP contribution is -2.57. The Balaban J connectivity index is 1.75. The smallest absolute Gasteiger partial charge is 0.167 e. The minimum Gasteiger partial charge on any atom is -0.390 e. The van der Waals surface area contributed by atoms with Crippen molar-refractivity contribution in [2.45, 2.75) is 44.1 Å². The largest absolute Gasteiger partial charge is 0.390 e. The molecule has 0 amide bonds. The Kier molecular flexibility index (Phi) is 7.51. The van der Waals surface area contributed by atoms with Gasteiger partial charge in [0.2, 0.25) is 0 Å². The fourth-order valence-electron chi connectivity index (χ4n) is 3.29. The number of aliphatic hydroxyl groups is 1. The normalized spacial score (nSPS) is 24.8. The molecule has 4 atom stereocenters. The van der Waals surface area contributed by atoms with E-state index < -0.39 is 24.4 Å². The van der Waals surface area contributed by atoms with Crippen molar-refractivity contribution in [2.24, 2.45) is 0 Å². The van der Waals surface area contributed by atoms with E-state index in [1.54, 1.807) is 6.08 Å². The predicted octanol–water partition coefficient (Wildman–Crippen LogP) is 3.06. The number of carbonyl (C=O) groups is 1. The molecule has 1 N–H and O–H groups in total. The lowest BCUT2D eigenvalue weighted by Gasteiger charge is -2.39. The van der Waals surface area contributed by atoms with Gasteiger partial charge in [-0.1, -0.05) is 66.7 Å². The maximum Gasteiger partial charge on any atom is 0.167 e. The van der Waals surface area contributed by atoms with Gasteiger partial charge in [-0.15, -0.1) is 6.58 Å². The summed E-state index contributed by atoms with van der Waals surface area (Å²) in [5.74, 6) is -0.188. The molecule has 0 heterocycles. The van der Waals surface area contributed by atoms with Crippen LogP contribution < -0.4 is 0 Å². The van der Waals surface area contributed by atoms with E-state index in [1.807, 2.05) is 60.7 Å². The van der Waals surface area contributed by atoms with Gasteiger partial charge in [-0.05, 0) is 11.1 Å². The van der Waals surface area contributed by atoms with Gasteiger partial charge < -0.3 is 19.3 Å². The molecule has 0 bridgehead atoms. The van der Waals surface area contributed by atoms with E-state index in [1.165, 1.54) is 0 Å². The molecule has 0 aromatic heterocycles. The third kappa shape index (κ3) is 5.36. The number of hydrogen-bond donors (Lipinski definition) is 1. The standard InChI is InChI=1S/C23H26O5/c1-2-13-26-21-19(24)14-20(25)22(27-15-17-9-5-3-6-10-17)23(21)28-16-18-11-7-4-8-12-18/h2-12,20-23,25H,1,13-16H2/t20-,21+,22-,23-/m0/s1. The molecule has 28 heavy (non-hydrogen) atoms. The second-order valence-corrected chi connectivity index (χ2v) is 6.80. The van der Waals surface area contributed by atoms with Crippen LogP contribution in [-0.2, 0) is 32.2 Å². The lowest BCUT2D eigenvalue weighted by molar-refractivity contribution is -0.197. The average molecular weight is 382 g/mol. The maximum atomic E-state index is 12.5. The average Bonchev–Trinajstić information content (AvgIpc) is 2.72. The van der Waals surface area contributed by atoms with Crippen LogP contribution in [0.2, 0.25) is 0 Å². The molecule has 1 aliphatic rings. The molecule has 0 radical (unpaired) electrons. The van der Waals surface area contributed by atoms with Crippen LogP contribution in [0.15, 0.2) is 73.3 Å². The van der Waals surface area contributed by atoms with Crippen LogP contribution >= 0.6 is 0 Å². The Labute approximate surface area is 165 Å². The van der Waals surface area contributed by atoms with E-state index in [2.05, 4.69) is 6.58 Å². The predicted molar refractivity (Wildman–Crippen MR) is 106 cm³/mol. The van der Waals surface area contributed by atoms with Gasteiger partial charge in [-0.3, -0.25) is 4.79 Å². The molecule has 1 saturated carbocycles. The molecule has 0 unspecified atom stereocenters. The van der Waals surface area contributed by atoms with Crippen LogP contribution in [0.1, 0.15) is 17.5 Å². The lowest BCUT2D eigenvalue weighted by atomic mass is 9.88. The summed E-state index contributed by atoms with van der Waals surface area (Å²) >= 11 is 0. The number of rotatable bonds is 9. The highest BCUT2D eigenvalue weighted by atomic mass is 16.6. The van der Waals surface area contributed by atoms with Crippen molar-refractivity contribution in [1.82, 2.24) is 0 Å². The number of ketones is 1. The number of hydrogen-bond acceptors (Lipinski definition) is 5. The van der Waals surface area contributed by atoms with Crippen molar-refractivity contribution in [3.05, 3.63) is 84.4 Å². The quantitative estimate of drug-likeness (QED) is 0.676. The SMILES string of the molecule is C=CCO[C@@H]1C(=O)C[C@H](O)[C@H](OCc2ccccc2)[C@H]1OCc1ccccc1. The van der Waals surface area contributed by atoms with Gasteiger partial charge in [-0.25, -0.2) is 0 Å². The number of aliphatic hydroxyl groups excluding tert-OH is 1. The first-order valence-corrected chi connectivity index (χ1v) is 9.43. The molecule has 5 nitrogen and oxygen atoms in total. The van der Waals surface area contributed by atoms with Gasteiger partial charge in [0.1, 0.15) is 18.3 Å². The summed E-state index contributed by atoms with van der Waals surface area (Å²) < 4.78 is 17.8. The highest BCUT2D eigenvalue weighted by Crippen LogP contribution is 2.27. The van der Waals surface area contributed by atoms with Crippen LogP contribution in [-0.4, -0.2) is 41.9 Å². The number of benzene rings is 2. The molecule has 148 valence electrons. The molecule has 0 aliphatic heterocycles. The molecule has 2 aromatic carbocycles. The highest BCUT2D eigenvalue weighted by molar-refractivity contribution is 5.85. The summed E-state index contributed by atoms with van der Waals surface area (Å²) in [6.07, 6.45) is -1.55. The molecular formula is C23H26O5. The van der Waals surface area contributed by atoms with Crippen molar-refractivity contribution in [3.8, 4) is 0 Å². The second-order valence-electron chi connectivity index (χ2n) is 6.80. The summed E-state index contributed by atoms with van der Waals surface area (Å²) in [7, 11) is 0. The van der Waals surface area contributed by atoms with E-state index in [4.69, 9.17) is 14.2 Å². The van der Waals surface area contributed by atoms with Crippen molar-refractivity contribution >= 4 is 5.78 Å². The summed E-state index contributed by atoms with van der Waals surface area (Å²) in [5, 5.41) is 10.5. The van der Waals surface area contributed by atoms with Gasteiger partial charge in [0.05, 0.1) is 25.9 Å². The van der Waals surface area contributed by atoms with Gasteiger partial charge in [0.15, 0.2) is 5.78 Å². The van der Waals surface area contributed by atoms with Gasteiger partial charge >= 0.3 is 0 Å². The van der Waals surface area contributed by atoms with E-state index in [0.29, 0.717) is 13.2 Å². The fourth-order valence-corrected chi connectivity index (χ4v) is 3.29. The van der Waals surface area contributed by atoms with Gasteiger partial charge in [0.25, 0.3) is 0 Å². The summed E-state index contributed by atoms with van der Waals surface area (Å²) in [6.45, 7) is 4.48. The molecule has 1 fully saturated rings. The Morgan fingerprint density at radius 1 is 0.893 bits per heavy atom. The van der Waals surface area contributed by atoms with E-state index in [9.17, 15) is 9.90 Å². The Hall–Kier alpha value is -2.31. The molecule has 0 spiro atoms. The number of Topliss-reactive ketones (excluding diaryl/α,β-unsaturated/α-hetero) is 1. The van der Waals surface area contributed by atoms with Crippen LogP contribution in [0.4, 0.5) is 0 Å². The minimum absolute atomic E-state index is 0.0214. The van der Waals surface area contributed by atoms with E-state index in [-0.39, 0.29) is 18.8 Å². The number of ether oxygens (including phenoxy) is 3. The van der Waals surface area contributed by atoms with Crippen molar-refractivity contribution in [2.75, 3.05) is 6.61 Å². The Bertz CT molecular complexity index is 746. The Morgan fingerprint density at radius 3 is 1.96 bits per heavy atom. The zero-order valence-corrected chi connectivity index (χ0v) is 15.8. The van der Waals surface area contributed by atoms with E-state index >= 15 is 0 Å². The summed E-state index contributed by atoms with van der Waals surface area (Å²) in [4.78, 5) is 12.5. The van der Waals surface area contributed by atoms with E-state index in [0.717, 1.165) is 11.1 Å². The zero-order chi connectivity index (χ0) is 19.8. The monoisotopic (exact) mass is 382 g/mol. The number of carbonyl (C=O) groups excluding carboxylic acids is 1. The maximum absolute atomic E-state index is 12.5. The summed E-state index contributed by atoms with van der Waals surface area (Å²) in [5.41, 5.74) is 1.95. The van der Waals surface area contributed by atoms with Crippen molar-refractivity contribution < 1.29 is 24.1 Å². The first-order valence-electron chi connectivity index (χ1n) is 9.43. The molecular weight excluding hydrogens is 356 g/mol. The first-order chi connectivity index (χ1) is 13.7. The molecule has 0 saturated heterocycles. The van der Waals surface area contributed by atoms with Crippen LogP contribution in [0.25, 0.3) is 0 Å². The van der Waals surface area contributed by atoms with Crippen molar-refractivity contribution in [3.63, 3.8) is 0 Å². The topological polar surface area (TPSA) is 65.0 Å². The third-order valence-electron chi connectivity index (χ3n) is 4.69. The second kappa shape index (κ2) is 10.3. The van der Waals surface area contributed by atoms with Crippen molar-refractivity contribution in [1.29, 1.82) is 0 Å². The molecule has 1 aliphatic carbocycles. The fraction of sp³-hybridized carbons (Fsp3) is 0.348. The summed E-state index contributed by atoms with van der Waals surface area (Å²) in [6, 6.07) is 19.4. The van der Waals surface area contributed by atoms with Gasteiger partial charge in [0, 0.05) is 6.42 Å². The van der Waals surface area contributed by atoms with Gasteiger partial charge in [-0.2, -0.15) is 0 Å². The zero-order valence-electron chi connectivity index (χ0n) is 15.8. The van der Waals surface area contributed by atoms with Crippen LogP contribution in [0, 0.1) is 0 Å². The van der Waals surface area contributed by atoms with Crippen LogP contribution in [0.3, 0.4) is 0 Å². The minimum atomic E-state index is -0.944. The van der Waals surface area contributed by atoms with Crippen LogP contribution in [0.5, 0.6) is 0 Å².